The molecule has 2 N–H and O–H groups in total. The van der Waals surface area contributed by atoms with Crippen LogP contribution in [0.5, 0.6) is 0 Å². The van der Waals surface area contributed by atoms with Crippen molar-refractivity contribution in [1.29, 1.82) is 0 Å². The Morgan fingerprint density at radius 1 is 0.947 bits per heavy atom. The average Bonchev–Trinajstić information content (AvgIpc) is 2.33. The summed E-state index contributed by atoms with van der Waals surface area (Å²) in [5, 5.41) is 1.79. The number of rotatable bonds is 3. The second kappa shape index (κ2) is 6.15. The highest BCUT2D eigenvalue weighted by molar-refractivity contribution is 6.42. The van der Waals surface area contributed by atoms with Gasteiger partial charge in [-0.1, -0.05) is 53.0 Å². The van der Waals surface area contributed by atoms with Gasteiger partial charge in [-0.3, -0.25) is 0 Å². The van der Waals surface area contributed by atoms with Crippen molar-refractivity contribution in [3.8, 4) is 0 Å². The molecule has 0 aromatic heterocycles. The molecule has 0 fully saturated rings. The highest BCUT2D eigenvalue weighted by Gasteiger charge is 2.12. The van der Waals surface area contributed by atoms with Crippen LogP contribution in [0, 0.1) is 6.92 Å². The zero-order chi connectivity index (χ0) is 14.0. The van der Waals surface area contributed by atoms with Crippen molar-refractivity contribution in [3.63, 3.8) is 0 Å². The molecular formula is C15H14Cl3N. The van der Waals surface area contributed by atoms with Gasteiger partial charge in [0.15, 0.2) is 0 Å². The van der Waals surface area contributed by atoms with Gasteiger partial charge in [-0.25, -0.2) is 0 Å². The van der Waals surface area contributed by atoms with E-state index in [-0.39, 0.29) is 6.04 Å². The number of halogens is 3. The molecule has 0 aliphatic heterocycles. The minimum Gasteiger partial charge on any atom is -0.324 e. The van der Waals surface area contributed by atoms with Crippen LogP contribution in [0.2, 0.25) is 15.1 Å². The highest BCUT2D eigenvalue weighted by Crippen LogP contribution is 2.28. The van der Waals surface area contributed by atoms with E-state index in [4.69, 9.17) is 40.5 Å². The van der Waals surface area contributed by atoms with Gasteiger partial charge in [0, 0.05) is 11.1 Å². The predicted molar refractivity (Wildman–Crippen MR) is 83.3 cm³/mol. The van der Waals surface area contributed by atoms with Gasteiger partial charge >= 0.3 is 0 Å². The Morgan fingerprint density at radius 2 is 1.68 bits per heavy atom. The van der Waals surface area contributed by atoms with E-state index in [1.165, 1.54) is 0 Å². The summed E-state index contributed by atoms with van der Waals surface area (Å²) in [5.74, 6) is 0. The first-order valence-electron chi connectivity index (χ1n) is 5.93. The van der Waals surface area contributed by atoms with Crippen LogP contribution in [0.25, 0.3) is 0 Å². The fourth-order valence-corrected chi connectivity index (χ4v) is 2.66. The third-order valence-electron chi connectivity index (χ3n) is 3.00. The minimum atomic E-state index is -0.162. The SMILES string of the molecule is Cc1ccc(C(N)Cc2ccc(Cl)c(Cl)c2)c(Cl)c1. The molecule has 0 spiro atoms. The van der Waals surface area contributed by atoms with Gasteiger partial charge in [0.2, 0.25) is 0 Å². The first-order valence-corrected chi connectivity index (χ1v) is 7.06. The van der Waals surface area contributed by atoms with Crippen molar-refractivity contribution in [3.05, 3.63) is 68.2 Å². The molecule has 2 aromatic carbocycles. The number of hydrogen-bond acceptors (Lipinski definition) is 1. The highest BCUT2D eigenvalue weighted by atomic mass is 35.5. The Labute approximate surface area is 128 Å². The van der Waals surface area contributed by atoms with Gasteiger partial charge in [0.1, 0.15) is 0 Å². The monoisotopic (exact) mass is 313 g/mol. The van der Waals surface area contributed by atoms with Crippen LogP contribution in [-0.2, 0) is 6.42 Å². The van der Waals surface area contributed by atoms with Crippen LogP contribution in [0.3, 0.4) is 0 Å². The predicted octanol–water partition coefficient (Wildman–Crippen LogP) is 5.20. The maximum absolute atomic E-state index is 6.22. The van der Waals surface area contributed by atoms with E-state index in [0.717, 1.165) is 16.7 Å². The molecule has 0 bridgehead atoms. The Bertz CT molecular complexity index is 596. The third kappa shape index (κ3) is 3.64. The lowest BCUT2D eigenvalue weighted by molar-refractivity contribution is 0.722. The standard InChI is InChI=1S/C15H14Cl3N/c1-9-2-4-11(13(17)6-9)15(19)8-10-3-5-12(16)14(18)7-10/h2-7,15H,8,19H2,1H3. The van der Waals surface area contributed by atoms with E-state index in [2.05, 4.69) is 0 Å². The fraction of sp³-hybridized carbons (Fsp3) is 0.200. The second-order valence-electron chi connectivity index (χ2n) is 4.58. The fourth-order valence-electron chi connectivity index (χ4n) is 1.96. The molecule has 2 rings (SSSR count). The Balaban J connectivity index is 2.20. The number of nitrogens with two attached hydrogens (primary N) is 1. The summed E-state index contributed by atoms with van der Waals surface area (Å²) in [6.07, 6.45) is 0.666. The lowest BCUT2D eigenvalue weighted by Gasteiger charge is -2.14. The zero-order valence-electron chi connectivity index (χ0n) is 10.5. The van der Waals surface area contributed by atoms with Crippen molar-refractivity contribution < 1.29 is 0 Å². The molecule has 0 saturated heterocycles. The summed E-state index contributed by atoms with van der Waals surface area (Å²) in [6, 6.07) is 11.3. The van der Waals surface area contributed by atoms with Crippen LogP contribution >= 0.6 is 34.8 Å². The molecule has 1 nitrogen and oxygen atoms in total. The van der Waals surface area contributed by atoms with Gasteiger partial charge in [0.25, 0.3) is 0 Å². The molecule has 0 saturated carbocycles. The largest absolute Gasteiger partial charge is 0.324 e. The van der Waals surface area contributed by atoms with E-state index in [0.29, 0.717) is 21.5 Å². The van der Waals surface area contributed by atoms with Gasteiger partial charge in [-0.05, 0) is 48.2 Å². The molecular weight excluding hydrogens is 301 g/mol. The van der Waals surface area contributed by atoms with Crippen molar-refractivity contribution in [2.45, 2.75) is 19.4 Å². The average molecular weight is 315 g/mol. The molecule has 4 heteroatoms. The number of benzene rings is 2. The normalized spacial score (nSPS) is 12.5. The Morgan fingerprint density at radius 3 is 2.32 bits per heavy atom. The summed E-state index contributed by atoms with van der Waals surface area (Å²) < 4.78 is 0. The van der Waals surface area contributed by atoms with Crippen molar-refractivity contribution in [1.82, 2.24) is 0 Å². The first kappa shape index (κ1) is 14.7. The Kier molecular flexibility index (Phi) is 4.75. The molecule has 0 aliphatic carbocycles. The van der Waals surface area contributed by atoms with Crippen molar-refractivity contribution in [2.24, 2.45) is 5.73 Å². The van der Waals surface area contributed by atoms with Crippen LogP contribution in [-0.4, -0.2) is 0 Å². The van der Waals surface area contributed by atoms with E-state index in [1.807, 2.05) is 37.3 Å². The molecule has 0 aliphatic rings. The van der Waals surface area contributed by atoms with E-state index in [9.17, 15) is 0 Å². The molecule has 1 unspecified atom stereocenters. The minimum absolute atomic E-state index is 0.162. The van der Waals surface area contributed by atoms with Crippen LogP contribution in [0.1, 0.15) is 22.7 Å². The number of hydrogen-bond donors (Lipinski definition) is 1. The molecule has 0 amide bonds. The summed E-state index contributed by atoms with van der Waals surface area (Å²) in [6.45, 7) is 2.00. The van der Waals surface area contributed by atoms with E-state index in [1.54, 1.807) is 6.07 Å². The molecule has 1 atom stereocenters. The Hall–Kier alpha value is -0.730. The lowest BCUT2D eigenvalue weighted by Crippen LogP contribution is -2.14. The van der Waals surface area contributed by atoms with Gasteiger partial charge in [-0.15, -0.1) is 0 Å². The molecule has 0 radical (unpaired) electrons. The third-order valence-corrected chi connectivity index (χ3v) is 4.06. The summed E-state index contributed by atoms with van der Waals surface area (Å²) in [5.41, 5.74) is 9.31. The maximum Gasteiger partial charge on any atom is 0.0595 e. The van der Waals surface area contributed by atoms with Crippen LogP contribution < -0.4 is 5.73 Å². The van der Waals surface area contributed by atoms with Gasteiger partial charge in [-0.2, -0.15) is 0 Å². The molecule has 100 valence electrons. The molecule has 19 heavy (non-hydrogen) atoms. The zero-order valence-corrected chi connectivity index (χ0v) is 12.7. The molecule has 0 heterocycles. The van der Waals surface area contributed by atoms with Crippen molar-refractivity contribution >= 4 is 34.8 Å². The number of aryl methyl sites for hydroxylation is 1. The molecule has 2 aromatic rings. The van der Waals surface area contributed by atoms with E-state index < -0.39 is 0 Å². The second-order valence-corrected chi connectivity index (χ2v) is 5.81. The summed E-state index contributed by atoms with van der Waals surface area (Å²) in [7, 11) is 0. The summed E-state index contributed by atoms with van der Waals surface area (Å²) in [4.78, 5) is 0. The smallest absolute Gasteiger partial charge is 0.0595 e. The van der Waals surface area contributed by atoms with E-state index >= 15 is 0 Å². The lowest BCUT2D eigenvalue weighted by atomic mass is 9.99. The van der Waals surface area contributed by atoms with Crippen LogP contribution in [0.15, 0.2) is 36.4 Å². The summed E-state index contributed by atoms with van der Waals surface area (Å²) >= 11 is 18.1. The topological polar surface area (TPSA) is 26.0 Å². The van der Waals surface area contributed by atoms with Gasteiger partial charge in [0.05, 0.1) is 10.0 Å². The van der Waals surface area contributed by atoms with Crippen molar-refractivity contribution in [2.75, 3.05) is 0 Å². The first-order chi connectivity index (χ1) is 8.97. The maximum atomic E-state index is 6.22. The quantitative estimate of drug-likeness (QED) is 0.828. The van der Waals surface area contributed by atoms with Gasteiger partial charge < -0.3 is 5.73 Å². The van der Waals surface area contributed by atoms with Crippen LogP contribution in [0.4, 0.5) is 0 Å².